The summed E-state index contributed by atoms with van der Waals surface area (Å²) in [6, 6.07) is 1.90. The molecule has 116 valence electrons. The summed E-state index contributed by atoms with van der Waals surface area (Å²) >= 11 is 3.18. The van der Waals surface area contributed by atoms with Gasteiger partial charge in [-0.15, -0.1) is 0 Å². The van der Waals surface area contributed by atoms with Gasteiger partial charge >= 0.3 is 5.69 Å². The van der Waals surface area contributed by atoms with Crippen LogP contribution >= 0.6 is 15.9 Å². The van der Waals surface area contributed by atoms with Crippen molar-refractivity contribution in [2.75, 3.05) is 0 Å². The van der Waals surface area contributed by atoms with E-state index in [0.717, 1.165) is 32.1 Å². The van der Waals surface area contributed by atoms with Gasteiger partial charge in [0, 0.05) is 16.1 Å². The molecule has 0 amide bonds. The highest BCUT2D eigenvalue weighted by molar-refractivity contribution is 9.10. The molecule has 4 N–H and O–H groups in total. The SMILES string of the molecule is N[C@H](c1cc(Br)cc([N+](=O)[O-])c1O)[C@@H](O)C1CCCCC1. The lowest BCUT2D eigenvalue weighted by Gasteiger charge is -2.30. The van der Waals surface area contributed by atoms with Crippen LogP contribution in [-0.4, -0.2) is 21.2 Å². The number of nitrogens with zero attached hydrogens (tertiary/aromatic N) is 1. The Balaban J connectivity index is 2.29. The molecule has 1 saturated carbocycles. The number of halogens is 1. The number of rotatable bonds is 4. The average Bonchev–Trinajstić information content (AvgIpc) is 2.48. The fraction of sp³-hybridized carbons (Fsp3) is 0.571. The minimum atomic E-state index is -0.843. The Morgan fingerprint density at radius 2 is 1.95 bits per heavy atom. The van der Waals surface area contributed by atoms with Crippen LogP contribution in [-0.2, 0) is 0 Å². The van der Waals surface area contributed by atoms with E-state index in [4.69, 9.17) is 5.73 Å². The van der Waals surface area contributed by atoms with Crippen LogP contribution in [0.2, 0.25) is 0 Å². The lowest BCUT2D eigenvalue weighted by molar-refractivity contribution is -0.386. The van der Waals surface area contributed by atoms with Crippen LogP contribution in [0, 0.1) is 16.0 Å². The largest absolute Gasteiger partial charge is 0.502 e. The van der Waals surface area contributed by atoms with Gasteiger partial charge < -0.3 is 15.9 Å². The summed E-state index contributed by atoms with van der Waals surface area (Å²) in [4.78, 5) is 10.3. The molecule has 0 saturated heterocycles. The Bertz CT molecular complexity index is 532. The maximum Gasteiger partial charge on any atom is 0.312 e. The molecule has 1 aliphatic rings. The van der Waals surface area contributed by atoms with Gasteiger partial charge in [-0.05, 0) is 24.8 Å². The molecule has 1 aromatic rings. The molecule has 0 bridgehead atoms. The topological polar surface area (TPSA) is 110 Å². The van der Waals surface area contributed by atoms with Gasteiger partial charge in [-0.3, -0.25) is 10.1 Å². The fourth-order valence-electron chi connectivity index (χ4n) is 2.95. The molecular formula is C14H19BrN2O4. The van der Waals surface area contributed by atoms with Crippen molar-refractivity contribution in [3.05, 3.63) is 32.3 Å². The summed E-state index contributed by atoms with van der Waals surface area (Å²) in [5.74, 6) is -0.392. The second-order valence-corrected chi connectivity index (χ2v) is 6.45. The molecule has 0 spiro atoms. The van der Waals surface area contributed by atoms with Crippen LogP contribution in [0.5, 0.6) is 5.75 Å². The molecule has 1 aliphatic carbocycles. The minimum Gasteiger partial charge on any atom is -0.502 e. The lowest BCUT2D eigenvalue weighted by Crippen LogP contribution is -2.34. The van der Waals surface area contributed by atoms with Crippen molar-refractivity contribution in [2.45, 2.75) is 44.2 Å². The van der Waals surface area contributed by atoms with Crippen LogP contribution in [0.25, 0.3) is 0 Å². The zero-order chi connectivity index (χ0) is 15.6. The van der Waals surface area contributed by atoms with E-state index in [9.17, 15) is 20.3 Å². The van der Waals surface area contributed by atoms with E-state index >= 15 is 0 Å². The van der Waals surface area contributed by atoms with E-state index in [1.54, 1.807) is 0 Å². The number of benzene rings is 1. The summed E-state index contributed by atoms with van der Waals surface area (Å²) in [5, 5.41) is 31.4. The monoisotopic (exact) mass is 358 g/mol. The van der Waals surface area contributed by atoms with Gasteiger partial charge in [-0.1, -0.05) is 35.2 Å². The van der Waals surface area contributed by atoms with Gasteiger partial charge in [0.05, 0.1) is 17.1 Å². The molecule has 0 unspecified atom stereocenters. The second kappa shape index (κ2) is 6.72. The van der Waals surface area contributed by atoms with Crippen molar-refractivity contribution in [1.82, 2.24) is 0 Å². The first-order valence-electron chi connectivity index (χ1n) is 7.02. The Morgan fingerprint density at radius 1 is 1.33 bits per heavy atom. The number of hydrogen-bond acceptors (Lipinski definition) is 5. The van der Waals surface area contributed by atoms with Crippen molar-refractivity contribution in [1.29, 1.82) is 0 Å². The summed E-state index contributed by atoms with van der Waals surface area (Å²) < 4.78 is 0.452. The van der Waals surface area contributed by atoms with Crippen molar-refractivity contribution in [3.8, 4) is 5.75 Å². The number of aromatic hydroxyl groups is 1. The van der Waals surface area contributed by atoms with Crippen molar-refractivity contribution < 1.29 is 15.1 Å². The van der Waals surface area contributed by atoms with Gasteiger partial charge in [-0.25, -0.2) is 0 Å². The second-order valence-electron chi connectivity index (χ2n) is 5.53. The Morgan fingerprint density at radius 3 is 2.52 bits per heavy atom. The first-order valence-corrected chi connectivity index (χ1v) is 7.81. The van der Waals surface area contributed by atoms with Crippen LogP contribution in [0.4, 0.5) is 5.69 Å². The minimum absolute atomic E-state index is 0.0752. The van der Waals surface area contributed by atoms with E-state index in [1.807, 2.05) is 0 Å². The number of nitrogens with two attached hydrogens (primary N) is 1. The Kier molecular flexibility index (Phi) is 5.18. The summed E-state index contributed by atoms with van der Waals surface area (Å²) in [7, 11) is 0. The third kappa shape index (κ3) is 3.53. The molecule has 1 aromatic carbocycles. The Labute approximate surface area is 131 Å². The molecule has 2 rings (SSSR count). The predicted octanol–water partition coefficient (Wildman–Crippen LogP) is 3.00. The highest BCUT2D eigenvalue weighted by Crippen LogP contribution is 2.39. The van der Waals surface area contributed by atoms with Crippen LogP contribution < -0.4 is 5.73 Å². The molecule has 6 nitrogen and oxygen atoms in total. The zero-order valence-corrected chi connectivity index (χ0v) is 13.1. The number of phenols is 1. The van der Waals surface area contributed by atoms with E-state index in [0.29, 0.717) is 4.47 Å². The molecule has 2 atom stereocenters. The standard InChI is InChI=1S/C14H19BrN2O4/c15-9-6-10(14(19)11(7-9)17(20)21)12(16)13(18)8-4-2-1-3-5-8/h6-8,12-13,18-19H,1-5,16H2/t12-,13+/m1/s1. The van der Waals surface area contributed by atoms with Gasteiger partial charge in [-0.2, -0.15) is 0 Å². The van der Waals surface area contributed by atoms with E-state index < -0.39 is 28.5 Å². The Hall–Kier alpha value is -1.18. The van der Waals surface area contributed by atoms with Gasteiger partial charge in [0.15, 0.2) is 5.75 Å². The molecular weight excluding hydrogens is 340 g/mol. The van der Waals surface area contributed by atoms with Crippen molar-refractivity contribution in [2.24, 2.45) is 11.7 Å². The summed E-state index contributed by atoms with van der Waals surface area (Å²) in [5.41, 5.74) is 5.85. The zero-order valence-electron chi connectivity index (χ0n) is 11.5. The molecule has 1 fully saturated rings. The molecule has 0 radical (unpaired) electrons. The lowest BCUT2D eigenvalue weighted by atomic mass is 9.81. The van der Waals surface area contributed by atoms with Crippen molar-refractivity contribution >= 4 is 21.6 Å². The third-order valence-electron chi connectivity index (χ3n) is 4.14. The van der Waals surface area contributed by atoms with E-state index in [-0.39, 0.29) is 11.5 Å². The predicted molar refractivity (Wildman–Crippen MR) is 82.0 cm³/mol. The first-order chi connectivity index (χ1) is 9.91. The summed E-state index contributed by atoms with van der Waals surface area (Å²) in [6.45, 7) is 0. The maximum atomic E-state index is 10.9. The smallest absolute Gasteiger partial charge is 0.312 e. The van der Waals surface area contributed by atoms with Gasteiger partial charge in [0.25, 0.3) is 0 Å². The summed E-state index contributed by atoms with van der Waals surface area (Å²) in [6.07, 6.45) is 4.24. The molecule has 0 heterocycles. The highest BCUT2D eigenvalue weighted by atomic mass is 79.9. The fourth-order valence-corrected chi connectivity index (χ4v) is 3.42. The average molecular weight is 359 g/mol. The van der Waals surface area contributed by atoms with Crippen LogP contribution in [0.1, 0.15) is 43.7 Å². The number of nitro benzene ring substituents is 1. The highest BCUT2D eigenvalue weighted by Gasteiger charge is 2.31. The van der Waals surface area contributed by atoms with Gasteiger partial charge in [0.2, 0.25) is 0 Å². The van der Waals surface area contributed by atoms with E-state index in [1.165, 1.54) is 12.1 Å². The van der Waals surface area contributed by atoms with Crippen molar-refractivity contribution in [3.63, 3.8) is 0 Å². The number of phenolic OH excluding ortho intramolecular Hbond substituents is 1. The number of aliphatic hydroxyl groups excluding tert-OH is 1. The first kappa shape index (κ1) is 16.2. The third-order valence-corrected chi connectivity index (χ3v) is 4.60. The molecule has 0 aromatic heterocycles. The van der Waals surface area contributed by atoms with Gasteiger partial charge in [0.1, 0.15) is 0 Å². The van der Waals surface area contributed by atoms with E-state index in [2.05, 4.69) is 15.9 Å². The number of aliphatic hydroxyl groups is 1. The normalized spacial score (nSPS) is 19.2. The maximum absolute atomic E-state index is 10.9. The molecule has 7 heteroatoms. The molecule has 0 aliphatic heterocycles. The van der Waals surface area contributed by atoms with Crippen LogP contribution in [0.3, 0.4) is 0 Å². The number of nitro groups is 1. The van der Waals surface area contributed by atoms with Crippen LogP contribution in [0.15, 0.2) is 16.6 Å². The molecule has 21 heavy (non-hydrogen) atoms. The quantitative estimate of drug-likeness (QED) is 0.566. The number of hydrogen-bond donors (Lipinski definition) is 3.